The van der Waals surface area contributed by atoms with Crippen LogP contribution < -0.4 is 23.2 Å². The lowest BCUT2D eigenvalue weighted by molar-refractivity contribution is -2.00. The molecule has 0 atom stereocenters. The maximum Gasteiger partial charge on any atom is 0.293 e. The van der Waals surface area contributed by atoms with E-state index in [0.717, 1.165) is 4.83 Å². The van der Waals surface area contributed by atoms with Crippen LogP contribution in [0.5, 0.6) is 0 Å². The lowest BCUT2D eigenvalue weighted by Crippen LogP contribution is -2.68. The van der Waals surface area contributed by atoms with Crippen molar-refractivity contribution in [2.75, 3.05) is 0 Å². The molecule has 0 fully saturated rings. The van der Waals surface area contributed by atoms with E-state index in [0.29, 0.717) is 0 Å². The minimum Gasteiger partial charge on any atom is -0.222 e. The lowest BCUT2D eigenvalue weighted by Gasteiger charge is -2.17. The molecule has 0 aliphatic carbocycles. The summed E-state index contributed by atoms with van der Waals surface area (Å²) in [4.78, 5) is 0.946. The van der Waals surface area contributed by atoms with E-state index in [2.05, 4.69) is 5.10 Å². The number of nitrogens with zero attached hydrogens (tertiary/aromatic N) is 2. The number of aromatic nitrogens is 2. The number of fused-ring (bicyclic) bond motifs is 1. The van der Waals surface area contributed by atoms with Crippen molar-refractivity contribution in [3.63, 3.8) is 0 Å². The predicted molar refractivity (Wildman–Crippen MR) is 35.2 cm³/mol. The maximum absolute atomic E-state index is 12.4. The Hall–Kier alpha value is -0.900. The summed E-state index contributed by atoms with van der Waals surface area (Å²) in [6, 6.07) is 3.05. The van der Waals surface area contributed by atoms with Gasteiger partial charge in [0.15, 0.2) is 0 Å². The Kier molecular flexibility index (Phi) is 3.85. The van der Waals surface area contributed by atoms with E-state index in [1.54, 1.807) is 12.3 Å². The van der Waals surface area contributed by atoms with Gasteiger partial charge in [0.05, 0.1) is 5.38 Å². The zero-order chi connectivity index (χ0) is 11.5. The van der Waals surface area contributed by atoms with Crippen LogP contribution in [0.25, 0.3) is 4.83 Å². The van der Waals surface area contributed by atoms with E-state index in [9.17, 15) is 4.39 Å². The summed E-state index contributed by atoms with van der Waals surface area (Å²) in [5.41, 5.74) is 0. The van der Waals surface area contributed by atoms with Gasteiger partial charge in [-0.1, -0.05) is 11.3 Å². The third kappa shape index (κ3) is 4.93. The molecular formula is C6H4ClFN2O4S. The molecule has 0 saturated carbocycles. The van der Waals surface area contributed by atoms with Crippen LogP contribution in [-0.2, 0) is 0 Å². The highest BCUT2D eigenvalue weighted by Gasteiger charge is 2.05. The van der Waals surface area contributed by atoms with Crippen LogP contribution in [0.2, 0.25) is 0 Å². The van der Waals surface area contributed by atoms with Crippen molar-refractivity contribution in [3.8, 4) is 0 Å². The number of hydrogen-bond donors (Lipinski definition) is 0. The summed E-state index contributed by atoms with van der Waals surface area (Å²) in [5, 5.41) is 5.46. The van der Waals surface area contributed by atoms with Crippen LogP contribution in [0.15, 0.2) is 23.7 Å². The second kappa shape index (κ2) is 4.75. The Morgan fingerprint density at radius 2 is 1.87 bits per heavy atom. The Labute approximate surface area is 89.2 Å². The Balaban J connectivity index is 0.000000195. The molecule has 2 aromatic rings. The molecule has 0 aromatic carbocycles. The number of halogens is 2. The van der Waals surface area contributed by atoms with Crippen LogP contribution >= 0.6 is 11.3 Å². The summed E-state index contributed by atoms with van der Waals surface area (Å²) < 4.78 is 47.9. The van der Waals surface area contributed by atoms with Crippen LogP contribution in [-0.4, -0.2) is 5.10 Å². The third-order valence-corrected chi connectivity index (χ3v) is 2.01. The zero-order valence-electron chi connectivity index (χ0n) is 7.00. The molecule has 0 saturated heterocycles. The molecule has 0 radical (unpaired) electrons. The van der Waals surface area contributed by atoms with Gasteiger partial charge in [-0.05, 0) is 4.52 Å². The molecule has 0 unspecified atom stereocenters. The first-order valence-corrected chi connectivity index (χ1v) is 5.51. The average Bonchev–Trinajstić information content (AvgIpc) is 2.47. The van der Waals surface area contributed by atoms with Gasteiger partial charge in [-0.2, -0.15) is 4.39 Å². The average molecular weight is 255 g/mol. The summed E-state index contributed by atoms with van der Waals surface area (Å²) in [6.07, 6.45) is 1.73. The highest BCUT2D eigenvalue weighted by atomic mass is 35.7. The quantitative estimate of drug-likeness (QED) is 0.449. The van der Waals surface area contributed by atoms with Gasteiger partial charge in [-0.15, -0.1) is 10.2 Å². The first kappa shape index (κ1) is 12.2. The fourth-order valence-corrected chi connectivity index (χ4v) is 1.43. The standard InChI is InChI=1S/C6H4FN2S.ClHO4/c7-5-1-2-6-9(8-5)3-4-10-6;2-1(3,4)5/h1-4H;(H,2,3,4,5)/q+1;/p-1. The fourth-order valence-electron chi connectivity index (χ4n) is 0.760. The Morgan fingerprint density at radius 3 is 2.47 bits per heavy atom. The van der Waals surface area contributed by atoms with Crippen molar-refractivity contribution in [1.82, 2.24) is 5.10 Å². The largest absolute Gasteiger partial charge is 0.293 e. The number of hydrogen-bond acceptors (Lipinski definition) is 6. The zero-order valence-corrected chi connectivity index (χ0v) is 8.57. The highest BCUT2D eigenvalue weighted by Crippen LogP contribution is 2.02. The molecule has 82 valence electrons. The summed E-state index contributed by atoms with van der Waals surface area (Å²) in [7, 11) is -4.94. The van der Waals surface area contributed by atoms with Crippen molar-refractivity contribution >= 4 is 16.2 Å². The Morgan fingerprint density at radius 1 is 1.27 bits per heavy atom. The van der Waals surface area contributed by atoms with E-state index in [4.69, 9.17) is 18.6 Å². The molecule has 0 aliphatic heterocycles. The summed E-state index contributed by atoms with van der Waals surface area (Å²) in [6.45, 7) is 0. The molecular weight excluding hydrogens is 251 g/mol. The van der Waals surface area contributed by atoms with Gasteiger partial charge in [0.2, 0.25) is 6.20 Å². The van der Waals surface area contributed by atoms with E-state index >= 15 is 0 Å². The van der Waals surface area contributed by atoms with Gasteiger partial charge in [0.1, 0.15) is 0 Å². The summed E-state index contributed by atoms with van der Waals surface area (Å²) in [5.74, 6) is -0.448. The molecule has 0 N–H and O–H groups in total. The second-order valence-corrected chi connectivity index (χ2v) is 3.90. The van der Waals surface area contributed by atoms with Crippen LogP contribution in [0.1, 0.15) is 0 Å². The molecule has 0 aliphatic rings. The van der Waals surface area contributed by atoms with Crippen molar-refractivity contribution in [2.45, 2.75) is 0 Å². The smallest absolute Gasteiger partial charge is 0.222 e. The molecule has 0 bridgehead atoms. The molecule has 2 rings (SSSR count). The third-order valence-electron chi connectivity index (χ3n) is 1.18. The van der Waals surface area contributed by atoms with Gasteiger partial charge >= 0.3 is 0 Å². The van der Waals surface area contributed by atoms with Crippen molar-refractivity contribution in [2.24, 2.45) is 0 Å². The monoisotopic (exact) mass is 254 g/mol. The second-order valence-electron chi connectivity index (χ2n) is 2.22. The molecule has 2 aromatic heterocycles. The predicted octanol–water partition coefficient (Wildman–Crippen LogP) is -3.74. The van der Waals surface area contributed by atoms with Gasteiger partial charge < -0.3 is 0 Å². The maximum atomic E-state index is 12.4. The minimum absolute atomic E-state index is 0.448. The number of rotatable bonds is 0. The van der Waals surface area contributed by atoms with Crippen molar-refractivity contribution in [3.05, 3.63) is 29.7 Å². The van der Waals surface area contributed by atoms with Crippen molar-refractivity contribution < 1.29 is 37.8 Å². The first-order chi connectivity index (χ1) is 6.86. The topological polar surface area (TPSA) is 109 Å². The highest BCUT2D eigenvalue weighted by molar-refractivity contribution is 7.14. The van der Waals surface area contributed by atoms with Crippen LogP contribution in [0.4, 0.5) is 4.39 Å². The molecule has 6 nitrogen and oxygen atoms in total. The normalized spacial score (nSPS) is 11.0. The van der Waals surface area contributed by atoms with Crippen molar-refractivity contribution in [1.29, 1.82) is 0 Å². The summed E-state index contributed by atoms with van der Waals surface area (Å²) >= 11 is 1.53. The molecule has 15 heavy (non-hydrogen) atoms. The molecule has 0 spiro atoms. The SMILES string of the molecule is Fc1ccc2scc[n+]2n1.[O-][Cl+3]([O-])([O-])[O-]. The van der Waals surface area contributed by atoms with E-state index in [1.165, 1.54) is 21.9 Å². The van der Waals surface area contributed by atoms with E-state index in [1.807, 2.05) is 5.38 Å². The van der Waals surface area contributed by atoms with Gasteiger partial charge in [-0.25, -0.2) is 18.6 Å². The van der Waals surface area contributed by atoms with Crippen LogP contribution in [0.3, 0.4) is 0 Å². The van der Waals surface area contributed by atoms with Gasteiger partial charge in [0, 0.05) is 17.2 Å². The lowest BCUT2D eigenvalue weighted by atomic mass is 10.6. The fraction of sp³-hybridized carbons (Fsp3) is 0. The van der Waals surface area contributed by atoms with E-state index < -0.39 is 16.2 Å². The van der Waals surface area contributed by atoms with Gasteiger partial charge in [-0.3, -0.25) is 0 Å². The Bertz CT molecular complexity index is 440. The van der Waals surface area contributed by atoms with Crippen LogP contribution in [0, 0.1) is 16.2 Å². The van der Waals surface area contributed by atoms with Gasteiger partial charge in [0.25, 0.3) is 10.8 Å². The minimum atomic E-state index is -4.94. The first-order valence-electron chi connectivity index (χ1n) is 3.40. The van der Waals surface area contributed by atoms with E-state index in [-0.39, 0.29) is 0 Å². The number of thiazole rings is 1. The molecule has 2 heterocycles. The molecule has 0 amide bonds. The molecule has 9 heteroatoms.